The van der Waals surface area contributed by atoms with Crippen LogP contribution in [-0.2, 0) is 0 Å². The molecule has 0 spiro atoms. The Balaban J connectivity index is 2.75. The average molecular weight is 223 g/mol. The van der Waals surface area contributed by atoms with Crippen LogP contribution in [0.25, 0.3) is 0 Å². The molecule has 0 bridgehead atoms. The summed E-state index contributed by atoms with van der Waals surface area (Å²) in [5.41, 5.74) is 2.07. The van der Waals surface area contributed by atoms with Gasteiger partial charge in [0.25, 0.3) is 0 Å². The minimum absolute atomic E-state index is 0.145. The van der Waals surface area contributed by atoms with Gasteiger partial charge in [-0.2, -0.15) is 0 Å². The van der Waals surface area contributed by atoms with E-state index in [4.69, 9.17) is 4.74 Å². The van der Waals surface area contributed by atoms with Crippen LogP contribution in [0.3, 0.4) is 0 Å². The quantitative estimate of drug-likeness (QED) is 0.775. The van der Waals surface area contributed by atoms with E-state index in [1.54, 1.807) is 12.1 Å². The highest BCUT2D eigenvalue weighted by Crippen LogP contribution is 2.22. The lowest BCUT2D eigenvalue weighted by Crippen LogP contribution is -2.20. The first-order chi connectivity index (χ1) is 7.54. The van der Waals surface area contributed by atoms with Gasteiger partial charge in [-0.1, -0.05) is 18.2 Å². The van der Waals surface area contributed by atoms with Gasteiger partial charge >= 0.3 is 0 Å². The third kappa shape index (κ3) is 3.35. The predicted octanol–water partition coefficient (Wildman–Crippen LogP) is 3.06. The SMILES string of the molecule is C=C(C)CNC(C)c1ccc(F)c(OC)c1. The minimum Gasteiger partial charge on any atom is -0.494 e. The van der Waals surface area contributed by atoms with Crippen molar-refractivity contribution in [2.45, 2.75) is 19.9 Å². The van der Waals surface area contributed by atoms with Crippen LogP contribution >= 0.6 is 0 Å². The lowest BCUT2D eigenvalue weighted by Gasteiger charge is -2.15. The number of halogens is 1. The molecule has 0 aromatic heterocycles. The van der Waals surface area contributed by atoms with E-state index in [9.17, 15) is 4.39 Å². The summed E-state index contributed by atoms with van der Waals surface area (Å²) in [5, 5.41) is 3.29. The Labute approximate surface area is 96.1 Å². The van der Waals surface area contributed by atoms with Crippen LogP contribution in [0.15, 0.2) is 30.4 Å². The largest absolute Gasteiger partial charge is 0.494 e. The molecule has 0 saturated carbocycles. The van der Waals surface area contributed by atoms with Gasteiger partial charge in [-0.05, 0) is 31.5 Å². The van der Waals surface area contributed by atoms with E-state index in [2.05, 4.69) is 11.9 Å². The van der Waals surface area contributed by atoms with Crippen LogP contribution in [-0.4, -0.2) is 13.7 Å². The number of benzene rings is 1. The summed E-state index contributed by atoms with van der Waals surface area (Å²) in [7, 11) is 1.47. The highest BCUT2D eigenvalue weighted by atomic mass is 19.1. The van der Waals surface area contributed by atoms with Gasteiger partial charge < -0.3 is 10.1 Å². The Morgan fingerprint density at radius 1 is 1.56 bits per heavy atom. The average Bonchev–Trinajstić information content (AvgIpc) is 2.26. The van der Waals surface area contributed by atoms with Gasteiger partial charge in [0, 0.05) is 12.6 Å². The Morgan fingerprint density at radius 3 is 2.81 bits per heavy atom. The van der Waals surface area contributed by atoms with Crippen molar-refractivity contribution >= 4 is 0 Å². The zero-order chi connectivity index (χ0) is 12.1. The Hall–Kier alpha value is -1.35. The molecule has 3 heteroatoms. The van der Waals surface area contributed by atoms with Gasteiger partial charge in [-0.15, -0.1) is 0 Å². The number of hydrogen-bond donors (Lipinski definition) is 1. The second-order valence-corrected chi connectivity index (χ2v) is 3.95. The molecule has 1 rings (SSSR count). The summed E-state index contributed by atoms with van der Waals surface area (Å²) in [6, 6.07) is 5.04. The maximum Gasteiger partial charge on any atom is 0.165 e. The molecule has 1 aromatic rings. The molecule has 0 amide bonds. The van der Waals surface area contributed by atoms with Crippen LogP contribution in [0.1, 0.15) is 25.5 Å². The van der Waals surface area contributed by atoms with Gasteiger partial charge in [0.05, 0.1) is 7.11 Å². The van der Waals surface area contributed by atoms with Crippen molar-refractivity contribution in [2.75, 3.05) is 13.7 Å². The molecule has 0 radical (unpaired) electrons. The van der Waals surface area contributed by atoms with Gasteiger partial charge in [0.1, 0.15) is 0 Å². The van der Waals surface area contributed by atoms with Crippen LogP contribution in [0, 0.1) is 5.82 Å². The van der Waals surface area contributed by atoms with E-state index in [1.807, 2.05) is 13.8 Å². The molecular weight excluding hydrogens is 205 g/mol. The van der Waals surface area contributed by atoms with Crippen molar-refractivity contribution in [2.24, 2.45) is 0 Å². The zero-order valence-electron chi connectivity index (χ0n) is 10.0. The molecule has 0 heterocycles. The summed E-state index contributed by atoms with van der Waals surface area (Å²) >= 11 is 0. The first-order valence-corrected chi connectivity index (χ1v) is 5.25. The van der Waals surface area contributed by atoms with E-state index < -0.39 is 0 Å². The summed E-state index contributed by atoms with van der Waals surface area (Å²) in [4.78, 5) is 0. The number of ether oxygens (including phenoxy) is 1. The van der Waals surface area contributed by atoms with E-state index in [-0.39, 0.29) is 17.6 Å². The molecule has 1 N–H and O–H groups in total. The van der Waals surface area contributed by atoms with E-state index in [1.165, 1.54) is 13.2 Å². The van der Waals surface area contributed by atoms with Crippen molar-refractivity contribution < 1.29 is 9.13 Å². The Bertz CT molecular complexity index is 376. The van der Waals surface area contributed by atoms with Crippen molar-refractivity contribution in [1.29, 1.82) is 0 Å². The van der Waals surface area contributed by atoms with Gasteiger partial charge in [0.2, 0.25) is 0 Å². The molecule has 0 aliphatic rings. The van der Waals surface area contributed by atoms with Crippen molar-refractivity contribution in [3.8, 4) is 5.75 Å². The predicted molar refractivity (Wildman–Crippen MR) is 64.2 cm³/mol. The van der Waals surface area contributed by atoms with E-state index >= 15 is 0 Å². The molecule has 0 saturated heterocycles. The Kier molecular flexibility index (Phi) is 4.50. The first kappa shape index (κ1) is 12.7. The molecule has 1 atom stereocenters. The van der Waals surface area contributed by atoms with E-state index in [0.29, 0.717) is 0 Å². The fourth-order valence-electron chi connectivity index (χ4n) is 1.39. The normalized spacial score (nSPS) is 12.2. The minimum atomic E-state index is -0.335. The maximum absolute atomic E-state index is 13.2. The summed E-state index contributed by atoms with van der Waals surface area (Å²) in [6.45, 7) is 8.56. The second kappa shape index (κ2) is 5.66. The maximum atomic E-state index is 13.2. The van der Waals surface area contributed by atoms with Crippen molar-refractivity contribution in [3.63, 3.8) is 0 Å². The third-order valence-electron chi connectivity index (χ3n) is 2.39. The number of nitrogens with one attached hydrogen (secondary N) is 1. The third-order valence-corrected chi connectivity index (χ3v) is 2.39. The fourth-order valence-corrected chi connectivity index (χ4v) is 1.39. The molecule has 16 heavy (non-hydrogen) atoms. The summed E-state index contributed by atoms with van der Waals surface area (Å²) in [5.74, 6) is -0.0557. The number of methoxy groups -OCH3 is 1. The molecule has 0 aliphatic heterocycles. The first-order valence-electron chi connectivity index (χ1n) is 5.25. The van der Waals surface area contributed by atoms with E-state index in [0.717, 1.165) is 17.7 Å². The lowest BCUT2D eigenvalue weighted by atomic mass is 10.1. The molecule has 88 valence electrons. The molecule has 0 fully saturated rings. The van der Waals surface area contributed by atoms with Crippen LogP contribution in [0.4, 0.5) is 4.39 Å². The van der Waals surface area contributed by atoms with Crippen molar-refractivity contribution in [3.05, 3.63) is 41.7 Å². The fraction of sp³-hybridized carbons (Fsp3) is 0.385. The smallest absolute Gasteiger partial charge is 0.165 e. The Morgan fingerprint density at radius 2 is 2.25 bits per heavy atom. The molecular formula is C13H18FNO. The van der Waals surface area contributed by atoms with Crippen molar-refractivity contribution in [1.82, 2.24) is 5.32 Å². The monoisotopic (exact) mass is 223 g/mol. The highest BCUT2D eigenvalue weighted by molar-refractivity contribution is 5.32. The van der Waals surface area contributed by atoms with Gasteiger partial charge in [-0.3, -0.25) is 0 Å². The molecule has 1 aromatic carbocycles. The summed E-state index contributed by atoms with van der Waals surface area (Å²) in [6.07, 6.45) is 0. The molecule has 2 nitrogen and oxygen atoms in total. The highest BCUT2D eigenvalue weighted by Gasteiger charge is 2.08. The second-order valence-electron chi connectivity index (χ2n) is 3.95. The summed E-state index contributed by atoms with van der Waals surface area (Å²) < 4.78 is 18.1. The van der Waals surface area contributed by atoms with Crippen LogP contribution in [0.2, 0.25) is 0 Å². The van der Waals surface area contributed by atoms with Gasteiger partial charge in [0.15, 0.2) is 11.6 Å². The lowest BCUT2D eigenvalue weighted by molar-refractivity contribution is 0.385. The molecule has 0 aliphatic carbocycles. The zero-order valence-corrected chi connectivity index (χ0v) is 10.0. The standard InChI is InChI=1S/C13H18FNO/c1-9(2)8-15-10(3)11-5-6-12(14)13(7-11)16-4/h5-7,10,15H,1,8H2,2-4H3. The topological polar surface area (TPSA) is 21.3 Å². The van der Waals surface area contributed by atoms with Gasteiger partial charge in [-0.25, -0.2) is 4.39 Å². The van der Waals surface area contributed by atoms with Crippen LogP contribution in [0.5, 0.6) is 5.75 Å². The number of rotatable bonds is 5. The van der Waals surface area contributed by atoms with Crippen LogP contribution < -0.4 is 10.1 Å². The molecule has 1 unspecified atom stereocenters. The number of hydrogen-bond acceptors (Lipinski definition) is 2.